The smallest absolute Gasteiger partial charge is 0.283 e. The highest BCUT2D eigenvalue weighted by molar-refractivity contribution is 4.99. The van der Waals surface area contributed by atoms with Gasteiger partial charge in [0.1, 0.15) is 0 Å². The average Bonchev–Trinajstić information content (AvgIpc) is 2.45. The summed E-state index contributed by atoms with van der Waals surface area (Å²) in [6.07, 6.45) is 1.50. The Morgan fingerprint density at radius 3 is 0.524 bits per heavy atom. The molecule has 2 aromatic rings. The maximum absolute atomic E-state index is 6.88. The van der Waals surface area contributed by atoms with E-state index in [4.69, 9.17) is 20.7 Å². The first-order valence-electron chi connectivity index (χ1n) is 4.89. The van der Waals surface area contributed by atoms with Gasteiger partial charge < -0.3 is 10.2 Å². The highest BCUT2D eigenvalue weighted by atomic mass is 16.2. The van der Waals surface area contributed by atoms with Gasteiger partial charge in [0, 0.05) is 0 Å². The molecule has 0 unspecified atom stereocenters. The van der Waals surface area contributed by atoms with Gasteiger partial charge in [0.25, 0.3) is 12.5 Å². The Morgan fingerprint density at radius 1 is 0.429 bits per heavy atom. The van der Waals surface area contributed by atoms with Gasteiger partial charge in [-0.1, -0.05) is 95.1 Å². The maximum atomic E-state index is 6.88. The minimum atomic E-state index is 0. The number of aliphatic hydroxyl groups excluding tert-OH is 2. The third-order valence-corrected chi connectivity index (χ3v) is 1.33. The van der Waals surface area contributed by atoms with Crippen molar-refractivity contribution in [2.24, 2.45) is 0 Å². The molecule has 2 N–H and O–H groups in total. The molecule has 0 aromatic heterocycles. The maximum Gasteiger partial charge on any atom is 0.283 e. The molecular formula is C17H26N2O2. The molecule has 2 aromatic carbocycles. The standard InChI is InChI=1S/2C6H6.2CHNO.3CH4/c2*1-2-4-6-5-3-1;2*2-1-3;;;/h2*1-6H;2*3H;3*1H4. The topological polar surface area (TPSA) is 88.0 Å². The predicted molar refractivity (Wildman–Crippen MR) is 88.2 cm³/mol. The molecule has 4 heteroatoms. The SMILES string of the molecule is C.C.C.N#CO.N#CO.c1ccccc1.c1ccccc1. The minimum absolute atomic E-state index is 0. The Morgan fingerprint density at radius 2 is 0.476 bits per heavy atom. The van der Waals surface area contributed by atoms with E-state index in [1.165, 1.54) is 0 Å². The lowest BCUT2D eigenvalue weighted by molar-refractivity contribution is 0.502. The number of hydrogen-bond donors (Lipinski definition) is 2. The number of nitrogens with zero attached hydrogens (tertiary/aromatic N) is 2. The van der Waals surface area contributed by atoms with E-state index in [0.717, 1.165) is 12.5 Å². The summed E-state index contributed by atoms with van der Waals surface area (Å²) < 4.78 is 0. The average molecular weight is 290 g/mol. The fourth-order valence-corrected chi connectivity index (χ4v) is 0.770. The van der Waals surface area contributed by atoms with Gasteiger partial charge in [0.15, 0.2) is 0 Å². The summed E-state index contributed by atoms with van der Waals surface area (Å²) in [5, 5.41) is 27.5. The van der Waals surface area contributed by atoms with E-state index >= 15 is 0 Å². The predicted octanol–water partition coefficient (Wildman–Crippen LogP) is 4.96. The van der Waals surface area contributed by atoms with Crippen molar-refractivity contribution in [3.8, 4) is 12.5 Å². The molecule has 0 bridgehead atoms. The molecule has 0 aliphatic carbocycles. The van der Waals surface area contributed by atoms with Crippen molar-refractivity contribution in [2.75, 3.05) is 0 Å². The van der Waals surface area contributed by atoms with Crippen LogP contribution in [-0.4, -0.2) is 10.2 Å². The quantitative estimate of drug-likeness (QED) is 0.671. The lowest BCUT2D eigenvalue weighted by atomic mass is 10.4. The number of hydrogen-bond acceptors (Lipinski definition) is 4. The van der Waals surface area contributed by atoms with E-state index in [0.29, 0.717) is 0 Å². The van der Waals surface area contributed by atoms with Crippen LogP contribution in [0.2, 0.25) is 0 Å². The molecule has 0 radical (unpaired) electrons. The van der Waals surface area contributed by atoms with Gasteiger partial charge in [0.05, 0.1) is 0 Å². The van der Waals surface area contributed by atoms with Crippen LogP contribution in [0.3, 0.4) is 0 Å². The van der Waals surface area contributed by atoms with Crippen molar-refractivity contribution in [3.05, 3.63) is 72.8 Å². The second kappa shape index (κ2) is 36.0. The monoisotopic (exact) mass is 290 g/mol. The Bertz CT molecular complexity index is 323. The van der Waals surface area contributed by atoms with E-state index < -0.39 is 0 Å². The summed E-state index contributed by atoms with van der Waals surface area (Å²) in [6, 6.07) is 24.0. The van der Waals surface area contributed by atoms with Crippen molar-refractivity contribution in [2.45, 2.75) is 22.3 Å². The van der Waals surface area contributed by atoms with Crippen LogP contribution in [0.1, 0.15) is 22.3 Å². The number of rotatable bonds is 0. The zero-order chi connectivity index (χ0) is 13.9. The third-order valence-electron chi connectivity index (χ3n) is 1.33. The van der Waals surface area contributed by atoms with Gasteiger partial charge in [-0.05, 0) is 0 Å². The van der Waals surface area contributed by atoms with Crippen LogP contribution < -0.4 is 0 Å². The molecule has 116 valence electrons. The zero-order valence-corrected chi connectivity index (χ0v) is 9.72. The van der Waals surface area contributed by atoms with E-state index in [-0.39, 0.29) is 22.3 Å². The summed E-state index contributed by atoms with van der Waals surface area (Å²) in [5.74, 6) is 0. The van der Waals surface area contributed by atoms with Crippen LogP contribution >= 0.6 is 0 Å². The van der Waals surface area contributed by atoms with Crippen molar-refractivity contribution in [1.29, 1.82) is 10.5 Å². The summed E-state index contributed by atoms with van der Waals surface area (Å²) in [6.45, 7) is 0. The molecule has 0 fully saturated rings. The van der Waals surface area contributed by atoms with E-state index in [1.807, 2.05) is 72.8 Å². The summed E-state index contributed by atoms with van der Waals surface area (Å²) in [4.78, 5) is 0. The summed E-state index contributed by atoms with van der Waals surface area (Å²) >= 11 is 0. The van der Waals surface area contributed by atoms with Crippen LogP contribution in [0, 0.1) is 23.0 Å². The Hall–Kier alpha value is -2.98. The fourth-order valence-electron chi connectivity index (χ4n) is 0.770. The second-order valence-electron chi connectivity index (χ2n) is 2.51. The molecule has 0 amide bonds. The zero-order valence-electron chi connectivity index (χ0n) is 9.72. The lowest BCUT2D eigenvalue weighted by Gasteiger charge is -1.69. The normalized spacial score (nSPS) is 5.24. The van der Waals surface area contributed by atoms with Crippen molar-refractivity contribution in [1.82, 2.24) is 0 Å². The Kier molecular flexibility index (Phi) is 52.7. The molecule has 0 spiro atoms. The van der Waals surface area contributed by atoms with Crippen LogP contribution in [0.25, 0.3) is 0 Å². The van der Waals surface area contributed by atoms with Crippen LogP contribution in [0.4, 0.5) is 0 Å². The molecule has 0 saturated carbocycles. The van der Waals surface area contributed by atoms with Gasteiger partial charge in [-0.3, -0.25) is 0 Å². The second-order valence-corrected chi connectivity index (χ2v) is 2.51. The molecule has 21 heavy (non-hydrogen) atoms. The first kappa shape index (κ1) is 30.8. The fraction of sp³-hybridized carbons (Fsp3) is 0.176. The first-order chi connectivity index (χ1) is 8.83. The van der Waals surface area contributed by atoms with Gasteiger partial charge in [-0.15, -0.1) is 0 Å². The van der Waals surface area contributed by atoms with E-state index in [1.54, 1.807) is 0 Å². The molecule has 4 nitrogen and oxygen atoms in total. The molecule has 2 rings (SSSR count). The minimum Gasteiger partial charge on any atom is -0.443 e. The summed E-state index contributed by atoms with van der Waals surface area (Å²) in [7, 11) is 0. The lowest BCUT2D eigenvalue weighted by Crippen LogP contribution is -1.47. The third kappa shape index (κ3) is 47.2. The van der Waals surface area contributed by atoms with Crippen molar-refractivity contribution >= 4 is 0 Å². The molecule has 0 atom stereocenters. The van der Waals surface area contributed by atoms with E-state index in [9.17, 15) is 0 Å². The Labute approximate surface area is 129 Å². The van der Waals surface area contributed by atoms with Crippen LogP contribution in [-0.2, 0) is 0 Å². The molecule has 0 heterocycles. The van der Waals surface area contributed by atoms with Crippen molar-refractivity contribution in [3.63, 3.8) is 0 Å². The number of nitriles is 2. The number of aliphatic hydroxyl groups is 2. The Balaban J connectivity index is -0.0000000545. The molecular weight excluding hydrogens is 264 g/mol. The largest absolute Gasteiger partial charge is 0.443 e. The molecule has 0 saturated heterocycles. The van der Waals surface area contributed by atoms with E-state index in [2.05, 4.69) is 0 Å². The number of benzene rings is 2. The highest BCUT2D eigenvalue weighted by Crippen LogP contribution is 1.80. The van der Waals surface area contributed by atoms with Gasteiger partial charge in [-0.2, -0.15) is 10.5 Å². The van der Waals surface area contributed by atoms with Gasteiger partial charge in [0.2, 0.25) is 0 Å². The highest BCUT2D eigenvalue weighted by Gasteiger charge is 1.58. The van der Waals surface area contributed by atoms with Crippen LogP contribution in [0.5, 0.6) is 0 Å². The molecule has 0 aliphatic rings. The summed E-state index contributed by atoms with van der Waals surface area (Å²) in [5.41, 5.74) is 0. The molecule has 0 aliphatic heterocycles. The first-order valence-corrected chi connectivity index (χ1v) is 4.89. The van der Waals surface area contributed by atoms with Gasteiger partial charge in [-0.25, -0.2) is 0 Å². The van der Waals surface area contributed by atoms with Crippen molar-refractivity contribution < 1.29 is 10.2 Å². The van der Waals surface area contributed by atoms with Crippen LogP contribution in [0.15, 0.2) is 72.8 Å². The van der Waals surface area contributed by atoms with Gasteiger partial charge >= 0.3 is 0 Å².